The van der Waals surface area contributed by atoms with E-state index in [9.17, 15) is 14.4 Å². The number of thioether (sulfide) groups is 1. The molecule has 0 unspecified atom stereocenters. The summed E-state index contributed by atoms with van der Waals surface area (Å²) >= 11 is 6.51. The van der Waals surface area contributed by atoms with Gasteiger partial charge in [0.1, 0.15) is 4.32 Å². The molecule has 1 heterocycles. The minimum Gasteiger partial charge on any atom is -0.455 e. The van der Waals surface area contributed by atoms with Gasteiger partial charge in [-0.2, -0.15) is 0 Å². The van der Waals surface area contributed by atoms with Crippen LogP contribution in [-0.2, 0) is 25.5 Å². The number of para-hydroxylation sites is 1. The summed E-state index contributed by atoms with van der Waals surface area (Å²) in [6.07, 6.45) is 3.02. The Morgan fingerprint density at radius 3 is 2.61 bits per heavy atom. The second-order valence-corrected chi connectivity index (χ2v) is 7.85. The quantitative estimate of drug-likeness (QED) is 0.488. The molecular weight excluding hydrogens is 398 g/mol. The third-order valence-electron chi connectivity index (χ3n) is 4.16. The monoisotopic (exact) mass is 423 g/mol. The molecule has 1 aromatic carbocycles. The molecule has 7 nitrogen and oxygen atoms in total. The number of ether oxygens (including phenoxy) is 1. The van der Waals surface area contributed by atoms with Gasteiger partial charge in [-0.25, -0.2) is 0 Å². The Labute approximate surface area is 174 Å². The topological polar surface area (TPSA) is 87.7 Å². The molecule has 0 aromatic heterocycles. The molecule has 1 fully saturated rings. The Morgan fingerprint density at radius 1 is 1.18 bits per heavy atom. The molecule has 28 heavy (non-hydrogen) atoms. The Bertz CT molecular complexity index is 721. The lowest BCUT2D eigenvalue weighted by Crippen LogP contribution is -2.36. The number of thiocarbonyl (C=S) groups is 1. The number of nitrogens with zero attached hydrogens (tertiary/aromatic N) is 1. The van der Waals surface area contributed by atoms with Crippen molar-refractivity contribution in [2.45, 2.75) is 26.2 Å². The summed E-state index contributed by atoms with van der Waals surface area (Å²) in [6, 6.07) is 7.48. The molecule has 152 valence electrons. The van der Waals surface area contributed by atoms with Crippen LogP contribution >= 0.6 is 24.0 Å². The summed E-state index contributed by atoms with van der Waals surface area (Å²) in [5.41, 5.74) is 1.74. The smallest absolute Gasteiger partial charge is 0.316 e. The van der Waals surface area contributed by atoms with Crippen molar-refractivity contribution < 1.29 is 19.1 Å². The average Bonchev–Trinajstić information content (AvgIpc) is 3.24. The van der Waals surface area contributed by atoms with Gasteiger partial charge in [0.2, 0.25) is 5.91 Å². The predicted octanol–water partition coefficient (Wildman–Crippen LogP) is 1.96. The first-order chi connectivity index (χ1) is 13.5. The number of nitrogens with one attached hydrogen (secondary N) is 2. The van der Waals surface area contributed by atoms with Gasteiger partial charge in [0.05, 0.1) is 12.3 Å². The fourth-order valence-electron chi connectivity index (χ4n) is 2.67. The lowest BCUT2D eigenvalue weighted by molar-refractivity contribution is -0.146. The van der Waals surface area contributed by atoms with Gasteiger partial charge >= 0.3 is 5.97 Å². The minimum absolute atomic E-state index is 0.0664. The highest BCUT2D eigenvalue weighted by molar-refractivity contribution is 8.23. The molecule has 1 aliphatic rings. The fourth-order valence-corrected chi connectivity index (χ4v) is 3.72. The van der Waals surface area contributed by atoms with Gasteiger partial charge in [0.25, 0.3) is 5.91 Å². The van der Waals surface area contributed by atoms with Crippen molar-refractivity contribution in [3.8, 4) is 0 Å². The number of hydrogen-bond donors (Lipinski definition) is 2. The third kappa shape index (κ3) is 7.47. The van der Waals surface area contributed by atoms with Crippen molar-refractivity contribution in [1.82, 2.24) is 10.2 Å². The van der Waals surface area contributed by atoms with Crippen LogP contribution in [0.2, 0.25) is 0 Å². The van der Waals surface area contributed by atoms with Gasteiger partial charge in [-0.1, -0.05) is 49.1 Å². The van der Waals surface area contributed by atoms with E-state index in [0.717, 1.165) is 43.6 Å². The molecule has 1 saturated heterocycles. The van der Waals surface area contributed by atoms with E-state index >= 15 is 0 Å². The number of carbonyl (C=O) groups excluding carboxylic acids is 3. The van der Waals surface area contributed by atoms with Crippen LogP contribution in [0.25, 0.3) is 0 Å². The first kappa shape index (κ1) is 22.2. The van der Waals surface area contributed by atoms with Gasteiger partial charge in [-0.3, -0.25) is 14.4 Å². The van der Waals surface area contributed by atoms with E-state index in [1.807, 2.05) is 31.2 Å². The van der Waals surface area contributed by atoms with E-state index in [1.165, 1.54) is 11.8 Å². The number of carbonyl (C=O) groups is 3. The summed E-state index contributed by atoms with van der Waals surface area (Å²) in [4.78, 5) is 37.5. The van der Waals surface area contributed by atoms with Crippen LogP contribution in [0, 0.1) is 0 Å². The maximum atomic E-state index is 12.0. The number of benzene rings is 1. The zero-order valence-electron chi connectivity index (χ0n) is 15.9. The summed E-state index contributed by atoms with van der Waals surface area (Å²) in [5, 5.41) is 5.19. The second kappa shape index (κ2) is 11.7. The molecule has 0 saturated carbocycles. The molecule has 0 spiro atoms. The number of anilines is 1. The maximum Gasteiger partial charge on any atom is 0.316 e. The Hall–Kier alpha value is -2.13. The molecular formula is C19H25N3O4S2. The van der Waals surface area contributed by atoms with Crippen molar-refractivity contribution in [1.29, 1.82) is 0 Å². The zero-order valence-corrected chi connectivity index (χ0v) is 17.5. The summed E-state index contributed by atoms with van der Waals surface area (Å²) < 4.78 is 5.61. The van der Waals surface area contributed by atoms with Crippen LogP contribution in [-0.4, -0.2) is 59.0 Å². The number of aryl methyl sites for hydroxylation is 1. The molecule has 0 radical (unpaired) electrons. The highest BCUT2D eigenvalue weighted by Gasteiger charge is 2.17. The van der Waals surface area contributed by atoms with E-state index in [-0.39, 0.29) is 18.2 Å². The lowest BCUT2D eigenvalue weighted by Gasteiger charge is -2.17. The standard InChI is InChI=1S/C19H25N3O4S2/c1-2-14-7-3-4-8-15(14)21-16(23)11-20-17(24)12-26-18(25)13-28-19(27)22-9-5-6-10-22/h3-4,7-8H,2,5-6,9-13H2,1H3,(H,20,24)(H,21,23). The number of rotatable bonds is 8. The second-order valence-electron chi connectivity index (χ2n) is 6.25. The predicted molar refractivity (Wildman–Crippen MR) is 114 cm³/mol. The van der Waals surface area contributed by atoms with E-state index in [2.05, 4.69) is 15.5 Å². The third-order valence-corrected chi connectivity index (χ3v) is 5.66. The van der Waals surface area contributed by atoms with E-state index in [0.29, 0.717) is 4.32 Å². The maximum absolute atomic E-state index is 12.0. The molecule has 9 heteroatoms. The van der Waals surface area contributed by atoms with Crippen LogP contribution in [0.4, 0.5) is 5.69 Å². The number of likely N-dealkylation sites (tertiary alicyclic amines) is 1. The summed E-state index contributed by atoms with van der Waals surface area (Å²) in [7, 11) is 0. The minimum atomic E-state index is -0.528. The van der Waals surface area contributed by atoms with Crippen molar-refractivity contribution in [2.75, 3.05) is 37.3 Å². The Morgan fingerprint density at radius 2 is 1.89 bits per heavy atom. The highest BCUT2D eigenvalue weighted by Crippen LogP contribution is 2.16. The van der Waals surface area contributed by atoms with Crippen LogP contribution in [0.5, 0.6) is 0 Å². The molecule has 0 bridgehead atoms. The van der Waals surface area contributed by atoms with Crippen LogP contribution in [0.3, 0.4) is 0 Å². The van der Waals surface area contributed by atoms with Crippen molar-refractivity contribution in [3.05, 3.63) is 29.8 Å². The van der Waals surface area contributed by atoms with Gasteiger partial charge in [-0.05, 0) is 30.9 Å². The van der Waals surface area contributed by atoms with Crippen molar-refractivity contribution >= 4 is 51.8 Å². The summed E-state index contributed by atoms with van der Waals surface area (Å²) in [5.74, 6) is -1.31. The van der Waals surface area contributed by atoms with Crippen LogP contribution < -0.4 is 10.6 Å². The van der Waals surface area contributed by atoms with Crippen molar-refractivity contribution in [3.63, 3.8) is 0 Å². The first-order valence-corrected chi connectivity index (χ1v) is 10.6. The van der Waals surface area contributed by atoms with Crippen molar-refractivity contribution in [2.24, 2.45) is 0 Å². The van der Waals surface area contributed by atoms with E-state index in [4.69, 9.17) is 17.0 Å². The summed E-state index contributed by atoms with van der Waals surface area (Å²) in [6.45, 7) is 3.23. The molecule has 0 aliphatic carbocycles. The van der Waals surface area contributed by atoms with Gasteiger partial charge in [0, 0.05) is 18.8 Å². The largest absolute Gasteiger partial charge is 0.455 e. The van der Waals surface area contributed by atoms with Gasteiger partial charge in [-0.15, -0.1) is 0 Å². The lowest BCUT2D eigenvalue weighted by atomic mass is 10.1. The van der Waals surface area contributed by atoms with Gasteiger partial charge < -0.3 is 20.3 Å². The Kier molecular flexibility index (Phi) is 9.22. The first-order valence-electron chi connectivity index (χ1n) is 9.21. The molecule has 1 aliphatic heterocycles. The van der Waals surface area contributed by atoms with E-state index < -0.39 is 18.5 Å². The average molecular weight is 424 g/mol. The molecule has 1 aromatic rings. The SMILES string of the molecule is CCc1ccccc1NC(=O)CNC(=O)COC(=O)CSC(=S)N1CCCC1. The Balaban J connectivity index is 1.61. The molecule has 2 N–H and O–H groups in total. The van der Waals surface area contributed by atoms with E-state index in [1.54, 1.807) is 0 Å². The molecule has 2 amide bonds. The number of hydrogen-bond acceptors (Lipinski definition) is 6. The highest BCUT2D eigenvalue weighted by atomic mass is 32.2. The zero-order chi connectivity index (χ0) is 20.4. The molecule has 0 atom stereocenters. The van der Waals surface area contributed by atoms with Crippen LogP contribution in [0.15, 0.2) is 24.3 Å². The van der Waals surface area contributed by atoms with Gasteiger partial charge in [0.15, 0.2) is 6.61 Å². The fraction of sp³-hybridized carbons (Fsp3) is 0.474. The van der Waals surface area contributed by atoms with Crippen LogP contribution in [0.1, 0.15) is 25.3 Å². The molecule has 2 rings (SSSR count). The normalized spacial score (nSPS) is 13.1. The number of esters is 1. The number of amides is 2.